The Kier molecular flexibility index (Phi) is 16.5. The molecule has 0 radical (unpaired) electrons. The monoisotopic (exact) mass is 338 g/mol. The first-order chi connectivity index (χ1) is 11.5. The molecule has 0 saturated heterocycles. The van der Waals surface area contributed by atoms with Crippen LogP contribution < -0.4 is 0 Å². The Bertz CT molecular complexity index is 240. The highest BCUT2D eigenvalue weighted by Crippen LogP contribution is 2.31. The van der Waals surface area contributed by atoms with E-state index >= 15 is 0 Å². The third-order valence-corrected chi connectivity index (χ3v) is 6.22. The first kappa shape index (κ1) is 24.0. The van der Waals surface area contributed by atoms with Gasteiger partial charge in [0.15, 0.2) is 0 Å². The first-order valence-electron chi connectivity index (χ1n) is 11.5. The quantitative estimate of drug-likeness (QED) is 0.232. The molecular weight excluding hydrogens is 288 g/mol. The standard InChI is InChI=1S/C24H50/c1-7-8-9-10-11-12-13-14-15-16-17-18-19-20-24(22(4)5)23(6)21(2)3/h21-24H,7-20H2,1-6H3. The Hall–Kier alpha value is 0. The second kappa shape index (κ2) is 16.5. The predicted octanol–water partition coefficient (Wildman–Crippen LogP) is 9.03. The van der Waals surface area contributed by atoms with Crippen molar-refractivity contribution in [2.24, 2.45) is 23.7 Å². The number of rotatable bonds is 17. The van der Waals surface area contributed by atoms with Crippen LogP contribution in [0.4, 0.5) is 0 Å². The largest absolute Gasteiger partial charge is 0.0654 e. The summed E-state index contributed by atoms with van der Waals surface area (Å²) in [4.78, 5) is 0. The van der Waals surface area contributed by atoms with E-state index in [1.165, 1.54) is 89.9 Å². The molecule has 0 N–H and O–H groups in total. The smallest absolute Gasteiger partial charge is 0.0363 e. The maximum absolute atomic E-state index is 2.47. The minimum atomic E-state index is 0.833. The van der Waals surface area contributed by atoms with Gasteiger partial charge in [-0.2, -0.15) is 0 Å². The van der Waals surface area contributed by atoms with E-state index in [0.717, 1.165) is 23.7 Å². The number of hydrogen-bond donors (Lipinski definition) is 0. The van der Waals surface area contributed by atoms with Crippen LogP contribution in [0, 0.1) is 23.7 Å². The van der Waals surface area contributed by atoms with Crippen LogP contribution in [-0.4, -0.2) is 0 Å². The van der Waals surface area contributed by atoms with Crippen LogP contribution in [0.5, 0.6) is 0 Å². The highest BCUT2D eigenvalue weighted by atomic mass is 14.3. The fourth-order valence-electron chi connectivity index (χ4n) is 4.10. The minimum Gasteiger partial charge on any atom is -0.0654 e. The minimum absolute atomic E-state index is 0.833. The summed E-state index contributed by atoms with van der Waals surface area (Å²) in [6.07, 6.45) is 20.4. The second-order valence-corrected chi connectivity index (χ2v) is 9.04. The molecule has 0 bridgehead atoms. The molecule has 0 spiro atoms. The van der Waals surface area contributed by atoms with E-state index in [0.29, 0.717) is 0 Å². The van der Waals surface area contributed by atoms with Gasteiger partial charge in [-0.25, -0.2) is 0 Å². The molecule has 0 nitrogen and oxygen atoms in total. The normalized spacial score (nSPS) is 14.5. The molecule has 0 aromatic rings. The summed E-state index contributed by atoms with van der Waals surface area (Å²) in [6.45, 7) is 14.4. The molecule has 0 aliphatic carbocycles. The number of hydrogen-bond acceptors (Lipinski definition) is 0. The zero-order valence-electron chi connectivity index (χ0n) is 18.2. The molecule has 2 unspecified atom stereocenters. The topological polar surface area (TPSA) is 0 Å². The molecule has 146 valence electrons. The van der Waals surface area contributed by atoms with Gasteiger partial charge >= 0.3 is 0 Å². The van der Waals surface area contributed by atoms with E-state index in [4.69, 9.17) is 0 Å². The Morgan fingerprint density at radius 1 is 0.458 bits per heavy atom. The van der Waals surface area contributed by atoms with Crippen LogP contribution in [0.25, 0.3) is 0 Å². The fourth-order valence-corrected chi connectivity index (χ4v) is 4.10. The average molecular weight is 339 g/mol. The Morgan fingerprint density at radius 3 is 1.17 bits per heavy atom. The molecule has 0 saturated carbocycles. The van der Waals surface area contributed by atoms with Gasteiger partial charge in [0, 0.05) is 0 Å². The zero-order valence-corrected chi connectivity index (χ0v) is 18.2. The summed E-state index contributed by atoms with van der Waals surface area (Å²) < 4.78 is 0. The lowest BCUT2D eigenvalue weighted by atomic mass is 9.76. The Balaban J connectivity index is 3.43. The van der Waals surface area contributed by atoms with Crippen molar-refractivity contribution in [3.05, 3.63) is 0 Å². The molecule has 0 fully saturated rings. The maximum atomic E-state index is 2.47. The van der Waals surface area contributed by atoms with Crippen molar-refractivity contribution >= 4 is 0 Å². The molecule has 0 aromatic heterocycles. The van der Waals surface area contributed by atoms with Crippen molar-refractivity contribution in [1.29, 1.82) is 0 Å². The fraction of sp³-hybridized carbons (Fsp3) is 1.00. The SMILES string of the molecule is CCCCCCCCCCCCCCCC(C(C)C)C(C)C(C)C. The van der Waals surface area contributed by atoms with E-state index < -0.39 is 0 Å². The number of unbranched alkanes of at least 4 members (excludes halogenated alkanes) is 12. The molecule has 0 heterocycles. The van der Waals surface area contributed by atoms with Crippen molar-refractivity contribution in [3.63, 3.8) is 0 Å². The van der Waals surface area contributed by atoms with Crippen molar-refractivity contribution in [2.75, 3.05) is 0 Å². The molecule has 0 amide bonds. The van der Waals surface area contributed by atoms with Crippen molar-refractivity contribution < 1.29 is 0 Å². The van der Waals surface area contributed by atoms with Crippen LogP contribution in [0.1, 0.15) is 131 Å². The maximum Gasteiger partial charge on any atom is -0.0363 e. The van der Waals surface area contributed by atoms with E-state index in [1.54, 1.807) is 0 Å². The predicted molar refractivity (Wildman–Crippen MR) is 113 cm³/mol. The van der Waals surface area contributed by atoms with Crippen LogP contribution >= 0.6 is 0 Å². The molecule has 0 aliphatic rings. The third-order valence-electron chi connectivity index (χ3n) is 6.22. The van der Waals surface area contributed by atoms with E-state index in [1.807, 2.05) is 0 Å². The molecule has 24 heavy (non-hydrogen) atoms. The molecule has 0 aliphatic heterocycles. The summed E-state index contributed by atoms with van der Waals surface area (Å²) >= 11 is 0. The lowest BCUT2D eigenvalue weighted by Crippen LogP contribution is -2.22. The van der Waals surface area contributed by atoms with Gasteiger partial charge in [-0.1, -0.05) is 125 Å². The van der Waals surface area contributed by atoms with Gasteiger partial charge in [0.25, 0.3) is 0 Å². The van der Waals surface area contributed by atoms with Crippen molar-refractivity contribution in [3.8, 4) is 0 Å². The van der Waals surface area contributed by atoms with Gasteiger partial charge in [-0.3, -0.25) is 0 Å². The lowest BCUT2D eigenvalue weighted by Gasteiger charge is -2.30. The van der Waals surface area contributed by atoms with Crippen LogP contribution in [0.2, 0.25) is 0 Å². The molecular formula is C24H50. The Morgan fingerprint density at radius 2 is 0.833 bits per heavy atom. The highest BCUT2D eigenvalue weighted by Gasteiger charge is 2.22. The molecule has 0 aromatic carbocycles. The van der Waals surface area contributed by atoms with Gasteiger partial charge in [0.05, 0.1) is 0 Å². The summed E-state index contributed by atoms with van der Waals surface area (Å²) in [5.41, 5.74) is 0. The van der Waals surface area contributed by atoms with Gasteiger partial charge in [0.1, 0.15) is 0 Å². The van der Waals surface area contributed by atoms with Crippen LogP contribution in [-0.2, 0) is 0 Å². The van der Waals surface area contributed by atoms with E-state index in [9.17, 15) is 0 Å². The van der Waals surface area contributed by atoms with Crippen LogP contribution in [0.15, 0.2) is 0 Å². The van der Waals surface area contributed by atoms with Crippen LogP contribution in [0.3, 0.4) is 0 Å². The van der Waals surface area contributed by atoms with Gasteiger partial charge in [-0.05, 0) is 30.1 Å². The first-order valence-corrected chi connectivity index (χ1v) is 11.5. The zero-order chi connectivity index (χ0) is 18.2. The molecule has 0 rings (SSSR count). The second-order valence-electron chi connectivity index (χ2n) is 9.04. The summed E-state index contributed by atoms with van der Waals surface area (Å²) in [7, 11) is 0. The lowest BCUT2D eigenvalue weighted by molar-refractivity contribution is 0.197. The van der Waals surface area contributed by atoms with Gasteiger partial charge in [0.2, 0.25) is 0 Å². The van der Waals surface area contributed by atoms with Crippen molar-refractivity contribution in [1.82, 2.24) is 0 Å². The summed E-state index contributed by atoms with van der Waals surface area (Å²) in [6, 6.07) is 0. The average Bonchev–Trinajstić information content (AvgIpc) is 2.54. The molecule has 2 atom stereocenters. The van der Waals surface area contributed by atoms with Gasteiger partial charge < -0.3 is 0 Å². The third kappa shape index (κ3) is 13.3. The summed E-state index contributed by atoms with van der Waals surface area (Å²) in [5.74, 6) is 3.49. The van der Waals surface area contributed by atoms with Crippen molar-refractivity contribution in [2.45, 2.75) is 131 Å². The molecule has 0 heteroatoms. The Labute approximate surface area is 155 Å². The van der Waals surface area contributed by atoms with E-state index in [-0.39, 0.29) is 0 Å². The highest BCUT2D eigenvalue weighted by molar-refractivity contribution is 4.72. The van der Waals surface area contributed by atoms with E-state index in [2.05, 4.69) is 41.5 Å². The summed E-state index contributed by atoms with van der Waals surface area (Å²) in [5, 5.41) is 0. The van der Waals surface area contributed by atoms with Gasteiger partial charge in [-0.15, -0.1) is 0 Å².